The lowest BCUT2D eigenvalue weighted by atomic mass is 9.93. The Morgan fingerprint density at radius 2 is 1.88 bits per heavy atom. The maximum atomic E-state index is 13.1. The van der Waals surface area contributed by atoms with Crippen molar-refractivity contribution in [2.24, 2.45) is 5.92 Å². The summed E-state index contributed by atoms with van der Waals surface area (Å²) < 4.78 is 5.41. The molecule has 180 valence electrons. The number of rotatable bonds is 7. The van der Waals surface area contributed by atoms with Gasteiger partial charge in [-0.25, -0.2) is 9.59 Å². The van der Waals surface area contributed by atoms with E-state index in [4.69, 9.17) is 4.74 Å². The fourth-order valence-corrected chi connectivity index (χ4v) is 4.34. The molecule has 1 saturated heterocycles. The van der Waals surface area contributed by atoms with E-state index in [0.717, 1.165) is 11.1 Å². The van der Waals surface area contributed by atoms with Gasteiger partial charge >= 0.3 is 12.0 Å². The number of piperazine rings is 1. The lowest BCUT2D eigenvalue weighted by Crippen LogP contribution is -2.53. The third-order valence-corrected chi connectivity index (χ3v) is 6.13. The van der Waals surface area contributed by atoms with Crippen LogP contribution in [0.2, 0.25) is 0 Å². The maximum Gasteiger partial charge on any atom is 0.338 e. The Morgan fingerprint density at radius 1 is 1.18 bits per heavy atom. The molecule has 1 aromatic carbocycles. The number of nitrogens with one attached hydrogen (secondary N) is 1. The van der Waals surface area contributed by atoms with Gasteiger partial charge in [-0.3, -0.25) is 14.6 Å². The van der Waals surface area contributed by atoms with Gasteiger partial charge in [0.1, 0.15) is 0 Å². The van der Waals surface area contributed by atoms with E-state index in [1.165, 1.54) is 4.90 Å². The highest BCUT2D eigenvalue weighted by molar-refractivity contribution is 5.95. The molecule has 1 aromatic rings. The number of likely N-dealkylation sites (N-methyl/N-ethyl adjacent to an activating group) is 1. The number of benzene rings is 1. The minimum Gasteiger partial charge on any atom is -0.463 e. The van der Waals surface area contributed by atoms with Crippen molar-refractivity contribution in [2.75, 3.05) is 46.4 Å². The minimum atomic E-state index is -0.573. The summed E-state index contributed by atoms with van der Waals surface area (Å²) in [5.41, 5.74) is 3.00. The summed E-state index contributed by atoms with van der Waals surface area (Å²) in [5.74, 6) is 0.0992. The number of aryl methyl sites for hydroxylation is 1. The molecule has 3 amide bonds. The van der Waals surface area contributed by atoms with Crippen molar-refractivity contribution < 1.29 is 19.1 Å². The third kappa shape index (κ3) is 5.93. The molecule has 1 fully saturated rings. The molecule has 0 saturated carbocycles. The molecule has 8 heteroatoms. The standard InChI is InChI=1S/C25H36N4O4/c1-6-33-24(31)22-20(16-28-10-12-29(13-11-28)21(30)14-17(2)3)27(5)25(32)26-23(22)19-9-7-8-18(4)15-19/h7-9,15,17,23H,6,10-14,16H2,1-5H3,(H,26,32)/t23-/m1/s1. The van der Waals surface area contributed by atoms with Crippen LogP contribution < -0.4 is 5.32 Å². The summed E-state index contributed by atoms with van der Waals surface area (Å²) in [6.45, 7) is 11.2. The van der Waals surface area contributed by atoms with Crippen molar-refractivity contribution in [3.63, 3.8) is 0 Å². The number of esters is 1. The van der Waals surface area contributed by atoms with Crippen LogP contribution in [0.4, 0.5) is 4.79 Å². The van der Waals surface area contributed by atoms with E-state index in [-0.39, 0.29) is 18.5 Å². The van der Waals surface area contributed by atoms with Crippen LogP contribution in [-0.4, -0.2) is 79.0 Å². The van der Waals surface area contributed by atoms with Crippen LogP contribution in [0.15, 0.2) is 35.5 Å². The van der Waals surface area contributed by atoms with Crippen LogP contribution in [0, 0.1) is 12.8 Å². The zero-order chi connectivity index (χ0) is 24.1. The number of hydrogen-bond donors (Lipinski definition) is 1. The van der Waals surface area contributed by atoms with E-state index in [9.17, 15) is 14.4 Å². The number of hydrogen-bond acceptors (Lipinski definition) is 5. The highest BCUT2D eigenvalue weighted by atomic mass is 16.5. The minimum absolute atomic E-state index is 0.185. The van der Waals surface area contributed by atoms with Crippen LogP contribution in [0.1, 0.15) is 44.4 Å². The summed E-state index contributed by atoms with van der Waals surface area (Å²) in [6.07, 6.45) is 0.555. The van der Waals surface area contributed by atoms with Gasteiger partial charge in [-0.15, -0.1) is 0 Å². The van der Waals surface area contributed by atoms with E-state index in [1.807, 2.05) is 49.9 Å². The second-order valence-electron chi connectivity index (χ2n) is 9.19. The van der Waals surface area contributed by atoms with Gasteiger partial charge in [0.05, 0.1) is 18.2 Å². The average molecular weight is 457 g/mol. The van der Waals surface area contributed by atoms with Crippen LogP contribution in [-0.2, 0) is 14.3 Å². The Morgan fingerprint density at radius 3 is 2.48 bits per heavy atom. The largest absolute Gasteiger partial charge is 0.463 e. The quantitative estimate of drug-likeness (QED) is 0.638. The predicted octanol–water partition coefficient (Wildman–Crippen LogP) is 2.70. The van der Waals surface area contributed by atoms with Gasteiger partial charge in [0, 0.05) is 51.9 Å². The zero-order valence-electron chi connectivity index (χ0n) is 20.4. The van der Waals surface area contributed by atoms with Crippen LogP contribution in [0.3, 0.4) is 0 Å². The second-order valence-corrected chi connectivity index (χ2v) is 9.19. The zero-order valence-corrected chi connectivity index (χ0v) is 20.4. The molecule has 0 aromatic heterocycles. The molecule has 8 nitrogen and oxygen atoms in total. The van der Waals surface area contributed by atoms with Crippen LogP contribution in [0.5, 0.6) is 0 Å². The van der Waals surface area contributed by atoms with Gasteiger partial charge in [-0.1, -0.05) is 43.7 Å². The summed E-state index contributed by atoms with van der Waals surface area (Å²) >= 11 is 0. The molecule has 2 heterocycles. The fraction of sp³-hybridized carbons (Fsp3) is 0.560. The van der Waals surface area contributed by atoms with E-state index in [1.54, 1.807) is 14.0 Å². The monoisotopic (exact) mass is 456 g/mol. The third-order valence-electron chi connectivity index (χ3n) is 6.13. The molecule has 0 bridgehead atoms. The van der Waals surface area contributed by atoms with E-state index in [2.05, 4.69) is 10.2 Å². The molecule has 2 aliphatic rings. The summed E-state index contributed by atoms with van der Waals surface area (Å²) in [7, 11) is 1.68. The van der Waals surface area contributed by atoms with Crippen molar-refractivity contribution >= 4 is 17.9 Å². The Kier molecular flexibility index (Phi) is 8.13. The van der Waals surface area contributed by atoms with E-state index in [0.29, 0.717) is 56.3 Å². The Balaban J connectivity index is 1.87. The van der Waals surface area contributed by atoms with Gasteiger partial charge in [0.2, 0.25) is 5.91 Å². The summed E-state index contributed by atoms with van der Waals surface area (Å²) in [5, 5.41) is 2.96. The van der Waals surface area contributed by atoms with Gasteiger partial charge in [0.25, 0.3) is 0 Å². The Labute approximate surface area is 196 Å². The molecule has 3 rings (SSSR count). The molecule has 1 atom stereocenters. The number of amides is 3. The second kappa shape index (κ2) is 10.8. The van der Waals surface area contributed by atoms with Crippen molar-refractivity contribution in [1.29, 1.82) is 0 Å². The number of ether oxygens (including phenoxy) is 1. The van der Waals surface area contributed by atoms with Crippen molar-refractivity contribution in [1.82, 2.24) is 20.0 Å². The fourth-order valence-electron chi connectivity index (χ4n) is 4.34. The van der Waals surface area contributed by atoms with Crippen LogP contribution in [0.25, 0.3) is 0 Å². The lowest BCUT2D eigenvalue weighted by molar-refractivity contribution is -0.139. The summed E-state index contributed by atoms with van der Waals surface area (Å²) in [4.78, 5) is 44.0. The molecule has 0 aliphatic carbocycles. The molecule has 0 radical (unpaired) electrons. The molecule has 2 aliphatic heterocycles. The van der Waals surface area contributed by atoms with Crippen LogP contribution >= 0.6 is 0 Å². The van der Waals surface area contributed by atoms with E-state index >= 15 is 0 Å². The smallest absolute Gasteiger partial charge is 0.338 e. The molecule has 0 unspecified atom stereocenters. The molecule has 1 N–H and O–H groups in total. The lowest BCUT2D eigenvalue weighted by Gasteiger charge is -2.39. The maximum absolute atomic E-state index is 13.1. The SMILES string of the molecule is CCOC(=O)C1=C(CN2CCN(C(=O)CC(C)C)CC2)N(C)C(=O)N[C@@H]1c1cccc(C)c1. The van der Waals surface area contributed by atoms with Gasteiger partial charge < -0.3 is 15.0 Å². The highest BCUT2D eigenvalue weighted by Gasteiger charge is 2.37. The van der Waals surface area contributed by atoms with Gasteiger partial charge in [0.15, 0.2) is 0 Å². The van der Waals surface area contributed by atoms with Crippen molar-refractivity contribution in [3.8, 4) is 0 Å². The first kappa shape index (κ1) is 24.8. The molecular formula is C25H36N4O4. The first-order chi connectivity index (χ1) is 15.7. The topological polar surface area (TPSA) is 82.2 Å². The normalized spacial score (nSPS) is 19.7. The van der Waals surface area contributed by atoms with Crippen molar-refractivity contribution in [3.05, 3.63) is 46.7 Å². The number of carbonyl (C=O) groups excluding carboxylic acids is 3. The first-order valence-electron chi connectivity index (χ1n) is 11.7. The molecule has 0 spiro atoms. The summed E-state index contributed by atoms with van der Waals surface area (Å²) in [6, 6.07) is 6.97. The van der Waals surface area contributed by atoms with Gasteiger partial charge in [-0.2, -0.15) is 0 Å². The Hall–Kier alpha value is -2.87. The highest BCUT2D eigenvalue weighted by Crippen LogP contribution is 2.32. The van der Waals surface area contributed by atoms with E-state index < -0.39 is 12.0 Å². The molecule has 33 heavy (non-hydrogen) atoms. The number of urea groups is 1. The number of nitrogens with zero attached hydrogens (tertiary/aromatic N) is 3. The average Bonchev–Trinajstić information content (AvgIpc) is 2.76. The number of carbonyl (C=O) groups is 3. The van der Waals surface area contributed by atoms with Crippen molar-refractivity contribution in [2.45, 2.75) is 40.2 Å². The Bertz CT molecular complexity index is 919. The predicted molar refractivity (Wildman–Crippen MR) is 126 cm³/mol. The van der Waals surface area contributed by atoms with Gasteiger partial charge in [-0.05, 0) is 25.3 Å². The first-order valence-corrected chi connectivity index (χ1v) is 11.7. The molecular weight excluding hydrogens is 420 g/mol.